The number of fused-ring (bicyclic) bond motifs is 1. The fraction of sp³-hybridized carbons (Fsp3) is 0.208. The Bertz CT molecular complexity index is 1500. The highest BCUT2D eigenvalue weighted by Crippen LogP contribution is 2.25. The summed E-state index contributed by atoms with van der Waals surface area (Å²) in [7, 11) is 0. The molecule has 4 aromatic rings. The van der Waals surface area contributed by atoms with E-state index in [1.165, 1.54) is 36.4 Å². The van der Waals surface area contributed by atoms with E-state index in [4.69, 9.17) is 0 Å². The molecule has 178 valence electrons. The van der Waals surface area contributed by atoms with Gasteiger partial charge in [-0.2, -0.15) is 0 Å². The molecule has 9 nitrogen and oxygen atoms in total. The molecule has 0 spiro atoms. The van der Waals surface area contributed by atoms with E-state index in [-0.39, 0.29) is 10.9 Å². The Balaban J connectivity index is 1.57. The normalized spacial score (nSPS) is 14.8. The lowest BCUT2D eigenvalue weighted by molar-refractivity contribution is -0.133. The van der Waals surface area contributed by atoms with Crippen LogP contribution in [0.5, 0.6) is 0 Å². The molecular weight excluding hydrogens is 458 g/mol. The minimum atomic E-state index is -1.25. The minimum Gasteiger partial charge on any atom is -0.337 e. The van der Waals surface area contributed by atoms with Gasteiger partial charge in [0, 0.05) is 38.6 Å². The van der Waals surface area contributed by atoms with Gasteiger partial charge in [-0.25, -0.2) is 23.5 Å². The van der Waals surface area contributed by atoms with Gasteiger partial charge in [-0.3, -0.25) is 19.1 Å². The van der Waals surface area contributed by atoms with Gasteiger partial charge in [0.1, 0.15) is 17.7 Å². The third-order valence-electron chi connectivity index (χ3n) is 6.02. The maximum absolute atomic E-state index is 14.5. The summed E-state index contributed by atoms with van der Waals surface area (Å²) in [6.45, 7) is 1.56. The first-order valence-electron chi connectivity index (χ1n) is 10.9. The molecule has 1 unspecified atom stereocenters. The number of piperazine rings is 1. The second kappa shape index (κ2) is 9.09. The Labute approximate surface area is 197 Å². The summed E-state index contributed by atoms with van der Waals surface area (Å²) >= 11 is 0. The van der Waals surface area contributed by atoms with Crippen LogP contribution >= 0.6 is 0 Å². The molecule has 11 heteroatoms. The molecule has 1 amide bonds. The fourth-order valence-corrected chi connectivity index (χ4v) is 4.33. The Kier molecular flexibility index (Phi) is 5.81. The van der Waals surface area contributed by atoms with Crippen molar-refractivity contribution in [2.75, 3.05) is 31.1 Å². The van der Waals surface area contributed by atoms with Crippen LogP contribution in [-0.2, 0) is 4.79 Å². The smallest absolute Gasteiger partial charge is 0.329 e. The maximum atomic E-state index is 14.5. The zero-order valence-corrected chi connectivity index (χ0v) is 18.4. The van der Waals surface area contributed by atoms with Gasteiger partial charge < -0.3 is 9.80 Å². The number of hydrogen-bond acceptors (Lipinski definition) is 6. The van der Waals surface area contributed by atoms with Crippen molar-refractivity contribution in [1.29, 1.82) is 0 Å². The number of nitrogens with zero attached hydrogens (tertiary/aromatic N) is 5. The van der Waals surface area contributed by atoms with E-state index in [1.807, 2.05) is 4.90 Å². The van der Waals surface area contributed by atoms with E-state index in [1.54, 1.807) is 23.4 Å². The van der Waals surface area contributed by atoms with E-state index in [9.17, 15) is 23.2 Å². The van der Waals surface area contributed by atoms with E-state index in [0.717, 1.165) is 10.6 Å². The van der Waals surface area contributed by atoms with Crippen LogP contribution in [0.2, 0.25) is 0 Å². The van der Waals surface area contributed by atoms with Crippen molar-refractivity contribution in [3.05, 3.63) is 99.0 Å². The van der Waals surface area contributed by atoms with E-state index < -0.39 is 34.8 Å². The largest absolute Gasteiger partial charge is 0.337 e. The summed E-state index contributed by atoms with van der Waals surface area (Å²) in [4.78, 5) is 53.3. The molecule has 1 saturated heterocycles. The zero-order valence-electron chi connectivity index (χ0n) is 18.4. The molecule has 1 atom stereocenters. The number of rotatable bonds is 4. The molecular formula is C24H20F2N6O3. The Morgan fingerprint density at radius 3 is 2.29 bits per heavy atom. The first-order valence-corrected chi connectivity index (χ1v) is 10.9. The second-order valence-corrected chi connectivity index (χ2v) is 8.08. The Hall–Kier alpha value is -4.41. The average molecular weight is 478 g/mol. The molecule has 2 aromatic heterocycles. The molecule has 5 rings (SSSR count). The predicted octanol–water partition coefficient (Wildman–Crippen LogP) is 1.70. The molecule has 1 aliphatic rings. The van der Waals surface area contributed by atoms with Crippen LogP contribution in [0.1, 0.15) is 11.6 Å². The first kappa shape index (κ1) is 22.4. The highest BCUT2D eigenvalue weighted by molar-refractivity contribution is 5.87. The number of nitrogens with one attached hydrogen (secondary N) is 1. The van der Waals surface area contributed by atoms with Crippen LogP contribution in [0.25, 0.3) is 10.9 Å². The fourth-order valence-electron chi connectivity index (χ4n) is 4.33. The van der Waals surface area contributed by atoms with E-state index >= 15 is 0 Å². The Morgan fingerprint density at radius 1 is 0.914 bits per heavy atom. The van der Waals surface area contributed by atoms with Crippen LogP contribution in [0, 0.1) is 11.6 Å². The third kappa shape index (κ3) is 4.16. The standard InChI is InChI=1S/C24H20F2N6O3/c25-16-7-5-15(6-8-16)20(32-18-4-1-3-17(26)19(18)21(33)29-24(32)35)22(34)30-11-13-31(14-12-30)23-27-9-2-10-28-23/h1-10,20H,11-14H2,(H,29,33,35). The highest BCUT2D eigenvalue weighted by atomic mass is 19.1. The molecule has 35 heavy (non-hydrogen) atoms. The summed E-state index contributed by atoms with van der Waals surface area (Å²) < 4.78 is 29.3. The topological polar surface area (TPSA) is 104 Å². The lowest BCUT2D eigenvalue weighted by atomic mass is 10.0. The number of anilines is 1. The van der Waals surface area contributed by atoms with Crippen LogP contribution < -0.4 is 16.1 Å². The number of carbonyl (C=O) groups excluding carboxylic acids is 1. The van der Waals surface area contributed by atoms with Gasteiger partial charge in [0.15, 0.2) is 0 Å². The quantitative estimate of drug-likeness (QED) is 0.479. The summed E-state index contributed by atoms with van der Waals surface area (Å²) in [5.74, 6) is -1.22. The van der Waals surface area contributed by atoms with Gasteiger partial charge in [0.2, 0.25) is 5.95 Å². The number of amides is 1. The SMILES string of the molecule is O=C(C(c1ccc(F)cc1)n1c(=O)[nH]c(=O)c2c(F)cccc21)N1CCN(c2ncccn2)CC1. The van der Waals surface area contributed by atoms with Crippen LogP contribution in [0.15, 0.2) is 70.5 Å². The molecule has 1 fully saturated rings. The van der Waals surface area contributed by atoms with Crippen molar-refractivity contribution in [1.82, 2.24) is 24.4 Å². The van der Waals surface area contributed by atoms with Gasteiger partial charge in [0.25, 0.3) is 11.5 Å². The van der Waals surface area contributed by atoms with Crippen LogP contribution in [0.3, 0.4) is 0 Å². The maximum Gasteiger partial charge on any atom is 0.329 e. The van der Waals surface area contributed by atoms with Crippen molar-refractivity contribution in [2.45, 2.75) is 6.04 Å². The molecule has 1 N–H and O–H groups in total. The van der Waals surface area contributed by atoms with E-state index in [0.29, 0.717) is 37.7 Å². The van der Waals surface area contributed by atoms with Crippen LogP contribution in [0.4, 0.5) is 14.7 Å². The van der Waals surface area contributed by atoms with E-state index in [2.05, 4.69) is 15.0 Å². The van der Waals surface area contributed by atoms with Crippen molar-refractivity contribution < 1.29 is 13.6 Å². The number of H-pyrrole nitrogens is 1. The molecule has 0 radical (unpaired) electrons. The molecule has 3 heterocycles. The average Bonchev–Trinajstić information content (AvgIpc) is 2.87. The number of aromatic nitrogens is 4. The predicted molar refractivity (Wildman–Crippen MR) is 124 cm³/mol. The van der Waals surface area contributed by atoms with Gasteiger partial charge >= 0.3 is 5.69 Å². The van der Waals surface area contributed by atoms with Gasteiger partial charge in [-0.15, -0.1) is 0 Å². The first-order chi connectivity index (χ1) is 16.9. The summed E-state index contributed by atoms with van der Waals surface area (Å²) in [6, 6.07) is 9.49. The number of halogens is 2. The van der Waals surface area contributed by atoms with Crippen molar-refractivity contribution in [3.63, 3.8) is 0 Å². The zero-order chi connectivity index (χ0) is 24.5. The van der Waals surface area contributed by atoms with Crippen molar-refractivity contribution >= 4 is 22.8 Å². The summed E-state index contributed by atoms with van der Waals surface area (Å²) in [5.41, 5.74) is -1.46. The van der Waals surface area contributed by atoms with Gasteiger partial charge in [-0.05, 0) is 35.9 Å². The monoisotopic (exact) mass is 478 g/mol. The Morgan fingerprint density at radius 2 is 1.60 bits per heavy atom. The number of aromatic amines is 1. The van der Waals surface area contributed by atoms with Crippen LogP contribution in [-0.4, -0.2) is 56.5 Å². The van der Waals surface area contributed by atoms with Gasteiger partial charge in [-0.1, -0.05) is 18.2 Å². The van der Waals surface area contributed by atoms with Crippen molar-refractivity contribution in [3.8, 4) is 0 Å². The van der Waals surface area contributed by atoms with Crippen molar-refractivity contribution in [2.24, 2.45) is 0 Å². The number of carbonyl (C=O) groups is 1. The summed E-state index contributed by atoms with van der Waals surface area (Å²) in [6.07, 6.45) is 3.27. The minimum absolute atomic E-state index is 0.0299. The molecule has 0 aliphatic carbocycles. The molecule has 1 aliphatic heterocycles. The lowest BCUT2D eigenvalue weighted by Gasteiger charge is -2.36. The second-order valence-electron chi connectivity index (χ2n) is 8.08. The van der Waals surface area contributed by atoms with Gasteiger partial charge in [0.05, 0.1) is 10.9 Å². The molecule has 2 aromatic carbocycles. The highest BCUT2D eigenvalue weighted by Gasteiger charge is 2.32. The molecule has 0 bridgehead atoms. The number of hydrogen-bond donors (Lipinski definition) is 1. The lowest BCUT2D eigenvalue weighted by Crippen LogP contribution is -2.52. The third-order valence-corrected chi connectivity index (χ3v) is 6.02. The molecule has 0 saturated carbocycles. The summed E-state index contributed by atoms with van der Waals surface area (Å²) in [5, 5.41) is -0.335. The number of benzene rings is 2.